The molecule has 2 unspecified atom stereocenters. The van der Waals surface area contributed by atoms with Gasteiger partial charge in [0, 0.05) is 12.3 Å². The third-order valence-corrected chi connectivity index (χ3v) is 5.20. The summed E-state index contributed by atoms with van der Waals surface area (Å²) in [5, 5.41) is 19.0. The lowest BCUT2D eigenvalue weighted by atomic mass is 9.79. The first-order valence-corrected chi connectivity index (χ1v) is 9.90. The first-order valence-electron chi connectivity index (χ1n) is 9.90. The van der Waals surface area contributed by atoms with Crippen molar-refractivity contribution in [2.24, 2.45) is 17.1 Å². The molecule has 25 heavy (non-hydrogen) atoms. The minimum absolute atomic E-state index is 0.0810. The normalized spacial score (nSPS) is 14.2. The molecule has 0 heterocycles. The Hall–Kier alpha value is -1.10. The van der Waals surface area contributed by atoms with Gasteiger partial charge in [0.15, 0.2) is 0 Å². The fourth-order valence-corrected chi connectivity index (χ4v) is 3.20. The molecule has 0 bridgehead atoms. The van der Waals surface area contributed by atoms with Gasteiger partial charge < -0.3 is 15.9 Å². The summed E-state index contributed by atoms with van der Waals surface area (Å²) >= 11 is 0. The van der Waals surface area contributed by atoms with Crippen LogP contribution in [0, 0.1) is 11.3 Å². The number of rotatable bonds is 16. The number of aliphatic carboxylic acids is 1. The number of hydrogen-bond donors (Lipinski definition) is 3. The van der Waals surface area contributed by atoms with E-state index < -0.39 is 5.97 Å². The summed E-state index contributed by atoms with van der Waals surface area (Å²) in [7, 11) is 0. The highest BCUT2D eigenvalue weighted by Crippen LogP contribution is 2.31. The van der Waals surface area contributed by atoms with Crippen molar-refractivity contribution in [3.8, 4) is 0 Å². The highest BCUT2D eigenvalue weighted by Gasteiger charge is 2.27. The molecular weight excluding hydrogens is 318 g/mol. The van der Waals surface area contributed by atoms with Crippen LogP contribution in [0.1, 0.15) is 97.8 Å². The maximum atomic E-state index is 11.6. The van der Waals surface area contributed by atoms with Gasteiger partial charge in [0.2, 0.25) is 5.91 Å². The Kier molecular flexibility index (Phi) is 12.6. The van der Waals surface area contributed by atoms with Gasteiger partial charge in [-0.15, -0.1) is 0 Å². The Bertz CT molecular complexity index is 382. The number of carboxylic acids is 1. The molecule has 0 saturated carbocycles. The number of aliphatic hydroxyl groups is 1. The molecule has 0 aromatic rings. The summed E-state index contributed by atoms with van der Waals surface area (Å²) in [6.07, 6.45) is 9.54. The van der Waals surface area contributed by atoms with Gasteiger partial charge in [-0.25, -0.2) is 0 Å². The SMILES string of the molecule is CCCCC(C)(C)C(O)CCCC(CCCCCCC(=O)O)C(N)=O. The number of carboxylic acid groups (broad SMARTS) is 1. The minimum atomic E-state index is -0.754. The van der Waals surface area contributed by atoms with E-state index in [0.717, 1.165) is 57.8 Å². The van der Waals surface area contributed by atoms with E-state index in [-0.39, 0.29) is 29.8 Å². The fraction of sp³-hybridized carbons (Fsp3) is 0.900. The van der Waals surface area contributed by atoms with Crippen molar-refractivity contribution in [3.05, 3.63) is 0 Å². The average molecular weight is 358 g/mol. The molecule has 0 aliphatic heterocycles. The molecule has 0 rings (SSSR count). The number of nitrogens with two attached hydrogens (primary N) is 1. The number of aliphatic hydroxyl groups excluding tert-OH is 1. The van der Waals surface area contributed by atoms with E-state index in [1.807, 2.05) is 0 Å². The summed E-state index contributed by atoms with van der Waals surface area (Å²) in [4.78, 5) is 22.1. The Balaban J connectivity index is 4.03. The monoisotopic (exact) mass is 357 g/mol. The highest BCUT2D eigenvalue weighted by molar-refractivity contribution is 5.76. The van der Waals surface area contributed by atoms with E-state index in [4.69, 9.17) is 10.8 Å². The third-order valence-electron chi connectivity index (χ3n) is 5.20. The molecule has 0 aliphatic carbocycles. The van der Waals surface area contributed by atoms with Gasteiger partial charge in [0.05, 0.1) is 6.10 Å². The van der Waals surface area contributed by atoms with Crippen LogP contribution in [0.2, 0.25) is 0 Å². The zero-order valence-electron chi connectivity index (χ0n) is 16.4. The second-order valence-electron chi connectivity index (χ2n) is 7.98. The van der Waals surface area contributed by atoms with Crippen LogP contribution in [0.25, 0.3) is 0 Å². The second kappa shape index (κ2) is 13.2. The molecule has 5 heteroatoms. The molecule has 5 nitrogen and oxygen atoms in total. The molecule has 0 aromatic carbocycles. The number of unbranched alkanes of at least 4 members (excludes halogenated alkanes) is 4. The van der Waals surface area contributed by atoms with Crippen molar-refractivity contribution in [2.45, 2.75) is 104 Å². The van der Waals surface area contributed by atoms with Crippen LogP contribution < -0.4 is 5.73 Å². The minimum Gasteiger partial charge on any atom is -0.481 e. The summed E-state index contributed by atoms with van der Waals surface area (Å²) in [6.45, 7) is 6.37. The Morgan fingerprint density at radius 2 is 1.56 bits per heavy atom. The zero-order valence-corrected chi connectivity index (χ0v) is 16.4. The summed E-state index contributed by atoms with van der Waals surface area (Å²) in [5.74, 6) is -1.15. The molecule has 0 spiro atoms. The van der Waals surface area contributed by atoms with E-state index >= 15 is 0 Å². The van der Waals surface area contributed by atoms with Crippen LogP contribution in [0.15, 0.2) is 0 Å². The lowest BCUT2D eigenvalue weighted by Gasteiger charge is -2.31. The molecule has 2 atom stereocenters. The highest BCUT2D eigenvalue weighted by atomic mass is 16.4. The molecule has 0 radical (unpaired) electrons. The van der Waals surface area contributed by atoms with Crippen LogP contribution in [-0.4, -0.2) is 28.2 Å². The standard InChI is InChI=1S/C20H39NO4/c1-4-5-15-20(2,3)17(22)13-10-12-16(19(21)25)11-8-6-7-9-14-18(23)24/h16-17,22H,4-15H2,1-3H3,(H2,21,25)(H,23,24). The van der Waals surface area contributed by atoms with Gasteiger partial charge in [-0.1, -0.05) is 59.3 Å². The predicted octanol–water partition coefficient (Wildman–Crippen LogP) is 4.26. The van der Waals surface area contributed by atoms with Crippen LogP contribution in [-0.2, 0) is 9.59 Å². The topological polar surface area (TPSA) is 101 Å². The lowest BCUT2D eigenvalue weighted by Crippen LogP contribution is -2.30. The number of hydrogen-bond acceptors (Lipinski definition) is 3. The molecule has 0 aromatic heterocycles. The molecule has 0 saturated heterocycles. The molecule has 0 fully saturated rings. The van der Waals surface area contributed by atoms with Gasteiger partial charge in [-0.3, -0.25) is 9.59 Å². The van der Waals surface area contributed by atoms with Gasteiger partial charge in [-0.05, 0) is 37.5 Å². The van der Waals surface area contributed by atoms with Crippen LogP contribution >= 0.6 is 0 Å². The number of amides is 1. The quantitative estimate of drug-likeness (QED) is 0.359. The largest absolute Gasteiger partial charge is 0.481 e. The second-order valence-corrected chi connectivity index (χ2v) is 7.98. The van der Waals surface area contributed by atoms with Crippen LogP contribution in [0.3, 0.4) is 0 Å². The van der Waals surface area contributed by atoms with Crippen molar-refractivity contribution in [1.82, 2.24) is 0 Å². The Labute approximate surface area is 153 Å². The summed E-state index contributed by atoms with van der Waals surface area (Å²) in [5.41, 5.74) is 5.43. The van der Waals surface area contributed by atoms with Gasteiger partial charge in [-0.2, -0.15) is 0 Å². The third kappa shape index (κ3) is 12.0. The smallest absolute Gasteiger partial charge is 0.303 e. The van der Waals surface area contributed by atoms with Crippen LogP contribution in [0.4, 0.5) is 0 Å². The van der Waals surface area contributed by atoms with Gasteiger partial charge in [0.1, 0.15) is 0 Å². The molecule has 148 valence electrons. The first kappa shape index (κ1) is 23.9. The maximum absolute atomic E-state index is 11.6. The number of carbonyl (C=O) groups excluding carboxylic acids is 1. The zero-order chi connectivity index (χ0) is 19.3. The molecular formula is C20H39NO4. The molecule has 4 N–H and O–H groups in total. The maximum Gasteiger partial charge on any atom is 0.303 e. The van der Waals surface area contributed by atoms with E-state index in [2.05, 4.69) is 20.8 Å². The van der Waals surface area contributed by atoms with Gasteiger partial charge in [0.25, 0.3) is 0 Å². The van der Waals surface area contributed by atoms with Crippen LogP contribution in [0.5, 0.6) is 0 Å². The van der Waals surface area contributed by atoms with E-state index in [1.165, 1.54) is 0 Å². The Morgan fingerprint density at radius 3 is 2.12 bits per heavy atom. The molecule has 1 amide bonds. The van der Waals surface area contributed by atoms with Crippen molar-refractivity contribution in [3.63, 3.8) is 0 Å². The van der Waals surface area contributed by atoms with Crippen molar-refractivity contribution in [1.29, 1.82) is 0 Å². The van der Waals surface area contributed by atoms with E-state index in [9.17, 15) is 14.7 Å². The predicted molar refractivity (Wildman–Crippen MR) is 101 cm³/mol. The summed E-state index contributed by atoms with van der Waals surface area (Å²) in [6, 6.07) is 0. The van der Waals surface area contributed by atoms with Crippen molar-refractivity contribution < 1.29 is 19.8 Å². The van der Waals surface area contributed by atoms with Crippen molar-refractivity contribution in [2.75, 3.05) is 0 Å². The van der Waals surface area contributed by atoms with E-state index in [1.54, 1.807) is 0 Å². The van der Waals surface area contributed by atoms with E-state index in [0.29, 0.717) is 12.8 Å². The number of primary amides is 1. The van der Waals surface area contributed by atoms with Crippen molar-refractivity contribution >= 4 is 11.9 Å². The average Bonchev–Trinajstić information content (AvgIpc) is 2.53. The Morgan fingerprint density at radius 1 is 0.960 bits per heavy atom. The number of carbonyl (C=O) groups is 2. The summed E-state index contributed by atoms with van der Waals surface area (Å²) < 4.78 is 0. The molecule has 0 aliphatic rings. The first-order chi connectivity index (χ1) is 11.7. The van der Waals surface area contributed by atoms with Gasteiger partial charge >= 0.3 is 5.97 Å². The fourth-order valence-electron chi connectivity index (χ4n) is 3.20. The lowest BCUT2D eigenvalue weighted by molar-refractivity contribution is -0.137.